The zero-order chi connectivity index (χ0) is 12.1. The maximum Gasteiger partial charge on any atom is 0.0997 e. The first-order valence-corrected chi connectivity index (χ1v) is 5.60. The van der Waals surface area contributed by atoms with Gasteiger partial charge < -0.3 is 0 Å². The monoisotopic (exact) mass is 239 g/mol. The molecule has 0 heterocycles. The lowest BCUT2D eigenvalue weighted by Gasteiger charge is -1.97. The zero-order valence-corrected chi connectivity index (χ0v) is 9.85. The summed E-state index contributed by atoms with van der Waals surface area (Å²) in [6, 6.07) is 17.2. The van der Waals surface area contributed by atoms with Crippen LogP contribution in [0.1, 0.15) is 16.7 Å². The smallest absolute Gasteiger partial charge is 0.0997 e. The third-order valence-corrected chi connectivity index (χ3v) is 2.62. The van der Waals surface area contributed by atoms with Crippen LogP contribution in [-0.4, -0.2) is 0 Å². The summed E-state index contributed by atoms with van der Waals surface area (Å²) in [6.45, 7) is 0. The summed E-state index contributed by atoms with van der Waals surface area (Å²) < 4.78 is 0. The molecule has 0 bridgehead atoms. The van der Waals surface area contributed by atoms with Gasteiger partial charge in [0.05, 0.1) is 11.6 Å². The minimum absolute atomic E-state index is 0.672. The highest BCUT2D eigenvalue weighted by Crippen LogP contribution is 2.15. The molecule has 0 saturated carbocycles. The number of nitriles is 1. The Morgan fingerprint density at radius 3 is 2.59 bits per heavy atom. The van der Waals surface area contributed by atoms with Gasteiger partial charge >= 0.3 is 0 Å². The highest BCUT2D eigenvalue weighted by atomic mass is 35.5. The van der Waals surface area contributed by atoms with Gasteiger partial charge in [-0.05, 0) is 29.3 Å². The Labute approximate surface area is 106 Å². The molecule has 2 aromatic rings. The van der Waals surface area contributed by atoms with Crippen molar-refractivity contribution in [2.75, 3.05) is 0 Å². The second-order valence-electron chi connectivity index (χ2n) is 3.59. The van der Waals surface area contributed by atoms with Crippen molar-refractivity contribution in [3.8, 4) is 6.07 Å². The van der Waals surface area contributed by atoms with Gasteiger partial charge in [0.15, 0.2) is 0 Å². The molecule has 0 aliphatic carbocycles. The van der Waals surface area contributed by atoms with Crippen LogP contribution in [0.4, 0.5) is 0 Å². The Hall–Kier alpha value is -2.04. The molecule has 0 aliphatic rings. The normalized spacial score (nSPS) is 10.4. The molecule has 0 saturated heterocycles. The SMILES string of the molecule is N#Cc1ccccc1/C=C/c1cccc(Cl)c1. The van der Waals surface area contributed by atoms with E-state index in [0.29, 0.717) is 10.6 Å². The summed E-state index contributed by atoms with van der Waals surface area (Å²) >= 11 is 5.90. The molecule has 0 fully saturated rings. The minimum atomic E-state index is 0.672. The highest BCUT2D eigenvalue weighted by Gasteiger charge is 1.95. The molecule has 0 unspecified atom stereocenters. The Balaban J connectivity index is 2.30. The fourth-order valence-electron chi connectivity index (χ4n) is 1.54. The van der Waals surface area contributed by atoms with E-state index in [4.69, 9.17) is 16.9 Å². The average Bonchev–Trinajstić information content (AvgIpc) is 2.37. The third-order valence-electron chi connectivity index (χ3n) is 2.39. The standard InChI is InChI=1S/C15H10ClN/c16-15-7-3-4-12(10-15)8-9-13-5-1-2-6-14(13)11-17/h1-10H/b9-8+. The van der Waals surface area contributed by atoms with E-state index in [1.807, 2.05) is 54.6 Å². The Kier molecular flexibility index (Phi) is 3.59. The zero-order valence-electron chi connectivity index (χ0n) is 9.10. The Morgan fingerprint density at radius 2 is 1.82 bits per heavy atom. The number of hydrogen-bond acceptors (Lipinski definition) is 1. The second-order valence-corrected chi connectivity index (χ2v) is 4.02. The number of halogens is 1. The minimum Gasteiger partial charge on any atom is -0.192 e. The second kappa shape index (κ2) is 5.34. The first-order chi connectivity index (χ1) is 8.29. The van der Waals surface area contributed by atoms with E-state index < -0.39 is 0 Å². The van der Waals surface area contributed by atoms with Crippen LogP contribution >= 0.6 is 11.6 Å². The van der Waals surface area contributed by atoms with Crippen molar-refractivity contribution < 1.29 is 0 Å². The van der Waals surface area contributed by atoms with Crippen LogP contribution in [0.15, 0.2) is 48.5 Å². The van der Waals surface area contributed by atoms with Gasteiger partial charge in [-0.25, -0.2) is 0 Å². The van der Waals surface area contributed by atoms with E-state index in [1.54, 1.807) is 6.07 Å². The van der Waals surface area contributed by atoms with Crippen LogP contribution in [0, 0.1) is 11.3 Å². The molecular weight excluding hydrogens is 230 g/mol. The number of rotatable bonds is 2. The molecule has 0 radical (unpaired) electrons. The topological polar surface area (TPSA) is 23.8 Å². The summed E-state index contributed by atoms with van der Waals surface area (Å²) in [5.74, 6) is 0. The van der Waals surface area contributed by atoms with Crippen molar-refractivity contribution in [1.29, 1.82) is 5.26 Å². The number of nitrogens with zero attached hydrogens (tertiary/aromatic N) is 1. The van der Waals surface area contributed by atoms with Gasteiger partial charge in [-0.15, -0.1) is 0 Å². The van der Waals surface area contributed by atoms with Crippen molar-refractivity contribution in [3.05, 3.63) is 70.2 Å². The van der Waals surface area contributed by atoms with Crippen LogP contribution in [0.2, 0.25) is 5.02 Å². The van der Waals surface area contributed by atoms with Crippen molar-refractivity contribution >= 4 is 23.8 Å². The molecule has 2 rings (SSSR count). The van der Waals surface area contributed by atoms with Crippen LogP contribution < -0.4 is 0 Å². The molecule has 0 atom stereocenters. The van der Waals surface area contributed by atoms with Crippen LogP contribution in [0.5, 0.6) is 0 Å². The lowest BCUT2D eigenvalue weighted by atomic mass is 10.1. The molecule has 17 heavy (non-hydrogen) atoms. The quantitative estimate of drug-likeness (QED) is 0.714. The lowest BCUT2D eigenvalue weighted by Crippen LogP contribution is -1.80. The van der Waals surface area contributed by atoms with E-state index >= 15 is 0 Å². The number of hydrogen-bond donors (Lipinski definition) is 0. The van der Waals surface area contributed by atoms with Crippen LogP contribution in [-0.2, 0) is 0 Å². The summed E-state index contributed by atoms with van der Waals surface area (Å²) in [4.78, 5) is 0. The lowest BCUT2D eigenvalue weighted by molar-refractivity contribution is 1.47. The highest BCUT2D eigenvalue weighted by molar-refractivity contribution is 6.30. The summed E-state index contributed by atoms with van der Waals surface area (Å²) in [6.07, 6.45) is 3.87. The first-order valence-electron chi connectivity index (χ1n) is 5.22. The van der Waals surface area contributed by atoms with Gasteiger partial charge in [-0.3, -0.25) is 0 Å². The molecule has 0 amide bonds. The van der Waals surface area contributed by atoms with Crippen molar-refractivity contribution in [2.24, 2.45) is 0 Å². The Morgan fingerprint density at radius 1 is 1.00 bits per heavy atom. The van der Waals surface area contributed by atoms with Gasteiger partial charge in [-0.2, -0.15) is 5.26 Å². The van der Waals surface area contributed by atoms with Crippen molar-refractivity contribution in [1.82, 2.24) is 0 Å². The van der Waals surface area contributed by atoms with E-state index in [0.717, 1.165) is 11.1 Å². The molecule has 1 nitrogen and oxygen atoms in total. The average molecular weight is 240 g/mol. The molecule has 82 valence electrons. The van der Waals surface area contributed by atoms with Gasteiger partial charge in [0.25, 0.3) is 0 Å². The van der Waals surface area contributed by atoms with Gasteiger partial charge in [-0.1, -0.05) is 54.1 Å². The fraction of sp³-hybridized carbons (Fsp3) is 0. The maximum atomic E-state index is 8.95. The molecule has 0 spiro atoms. The van der Waals surface area contributed by atoms with Gasteiger partial charge in [0.2, 0.25) is 0 Å². The first kappa shape index (κ1) is 11.4. The van der Waals surface area contributed by atoms with E-state index in [2.05, 4.69) is 6.07 Å². The van der Waals surface area contributed by atoms with Crippen molar-refractivity contribution in [3.63, 3.8) is 0 Å². The molecular formula is C15H10ClN. The molecule has 2 heteroatoms. The van der Waals surface area contributed by atoms with Crippen molar-refractivity contribution in [2.45, 2.75) is 0 Å². The van der Waals surface area contributed by atoms with E-state index in [9.17, 15) is 0 Å². The molecule has 2 aromatic carbocycles. The maximum absolute atomic E-state index is 8.95. The van der Waals surface area contributed by atoms with E-state index in [-0.39, 0.29) is 0 Å². The molecule has 0 aliphatic heterocycles. The van der Waals surface area contributed by atoms with Crippen LogP contribution in [0.25, 0.3) is 12.2 Å². The third kappa shape index (κ3) is 2.96. The summed E-state index contributed by atoms with van der Waals surface area (Å²) in [7, 11) is 0. The van der Waals surface area contributed by atoms with Crippen LogP contribution in [0.3, 0.4) is 0 Å². The molecule has 0 aromatic heterocycles. The summed E-state index contributed by atoms with van der Waals surface area (Å²) in [5, 5.41) is 9.66. The fourth-order valence-corrected chi connectivity index (χ4v) is 1.74. The molecule has 0 N–H and O–H groups in total. The summed E-state index contributed by atoms with van der Waals surface area (Å²) in [5.41, 5.74) is 2.60. The predicted molar refractivity (Wildman–Crippen MR) is 71.5 cm³/mol. The van der Waals surface area contributed by atoms with Gasteiger partial charge in [0.1, 0.15) is 0 Å². The predicted octanol–water partition coefficient (Wildman–Crippen LogP) is 4.38. The van der Waals surface area contributed by atoms with E-state index in [1.165, 1.54) is 0 Å². The van der Waals surface area contributed by atoms with Gasteiger partial charge in [0, 0.05) is 5.02 Å². The largest absolute Gasteiger partial charge is 0.192 e. The Bertz CT molecular complexity index is 594. The number of benzene rings is 2.